The molecule has 0 spiro atoms. The van der Waals surface area contributed by atoms with Gasteiger partial charge in [-0.1, -0.05) is 56.0 Å². The molecule has 0 atom stereocenters. The van der Waals surface area contributed by atoms with Crippen LogP contribution in [0.1, 0.15) is 32.3 Å². The van der Waals surface area contributed by atoms with E-state index in [1.807, 2.05) is 24.3 Å². The first-order chi connectivity index (χ1) is 9.80. The van der Waals surface area contributed by atoms with Gasteiger partial charge in [0.05, 0.1) is 11.7 Å². The Bertz CT molecular complexity index is 631. The third-order valence-corrected chi connectivity index (χ3v) is 3.39. The number of hydrogen-bond acceptors (Lipinski definition) is 2. The Morgan fingerprint density at radius 3 is 2.55 bits per heavy atom. The van der Waals surface area contributed by atoms with Crippen LogP contribution in [-0.4, -0.2) is 17.8 Å². The van der Waals surface area contributed by atoms with Crippen LogP contribution < -0.4 is 4.74 Å². The van der Waals surface area contributed by atoms with Crippen LogP contribution in [0.2, 0.25) is 0 Å². The number of hydrogen-bond donors (Lipinski definition) is 1. The van der Waals surface area contributed by atoms with Crippen LogP contribution in [0.3, 0.4) is 0 Å². The van der Waals surface area contributed by atoms with Crippen LogP contribution in [0.5, 0.6) is 5.75 Å². The Balaban J connectivity index is 2.52. The number of ether oxygens (including phenoxy) is 1. The Labute approximate surface area is 120 Å². The predicted octanol–water partition coefficient (Wildman–Crippen LogP) is 3.75. The van der Waals surface area contributed by atoms with E-state index in [2.05, 4.69) is 37.8 Å². The minimum atomic E-state index is -0.145. The molecule has 0 heterocycles. The normalized spacial score (nSPS) is 10.4. The van der Waals surface area contributed by atoms with Crippen molar-refractivity contribution in [2.75, 3.05) is 6.61 Å². The standard InChI is InChI=1S/C18H20O2/c1-3-15(4-2)20-18-12-11-14-8-5-6-9-16(14)17(18)10-7-13-19/h5-6,8-9,11-12,15,19H,3-4,13H2,1-2H3. The second-order valence-electron chi connectivity index (χ2n) is 4.68. The summed E-state index contributed by atoms with van der Waals surface area (Å²) in [4.78, 5) is 0. The van der Waals surface area contributed by atoms with Crippen molar-refractivity contribution in [2.24, 2.45) is 0 Å². The molecule has 0 saturated carbocycles. The van der Waals surface area contributed by atoms with E-state index in [1.54, 1.807) is 0 Å². The average molecular weight is 268 g/mol. The summed E-state index contributed by atoms with van der Waals surface area (Å²) >= 11 is 0. The molecule has 1 N–H and O–H groups in total. The van der Waals surface area contributed by atoms with Gasteiger partial charge in [-0.3, -0.25) is 0 Å². The molecule has 20 heavy (non-hydrogen) atoms. The smallest absolute Gasteiger partial charge is 0.135 e. The van der Waals surface area contributed by atoms with E-state index in [-0.39, 0.29) is 12.7 Å². The van der Waals surface area contributed by atoms with Crippen molar-refractivity contribution in [3.8, 4) is 17.6 Å². The van der Waals surface area contributed by atoms with Crippen LogP contribution >= 0.6 is 0 Å². The SMILES string of the molecule is CCC(CC)Oc1ccc2ccccc2c1C#CCO. The van der Waals surface area contributed by atoms with Crippen LogP contribution in [-0.2, 0) is 0 Å². The van der Waals surface area contributed by atoms with E-state index >= 15 is 0 Å². The molecule has 0 aliphatic heterocycles. The maximum Gasteiger partial charge on any atom is 0.135 e. The Morgan fingerprint density at radius 1 is 1.10 bits per heavy atom. The molecule has 2 aromatic rings. The number of benzene rings is 2. The van der Waals surface area contributed by atoms with E-state index in [4.69, 9.17) is 9.84 Å². The molecule has 0 unspecified atom stereocenters. The van der Waals surface area contributed by atoms with Crippen LogP contribution in [0.25, 0.3) is 10.8 Å². The summed E-state index contributed by atoms with van der Waals surface area (Å²) in [5, 5.41) is 11.1. The van der Waals surface area contributed by atoms with E-state index in [9.17, 15) is 0 Å². The fourth-order valence-electron chi connectivity index (χ4n) is 2.24. The summed E-state index contributed by atoms with van der Waals surface area (Å²) in [6.45, 7) is 4.09. The summed E-state index contributed by atoms with van der Waals surface area (Å²) in [5.74, 6) is 6.57. The van der Waals surface area contributed by atoms with Gasteiger partial charge in [0.1, 0.15) is 12.4 Å². The number of aliphatic hydroxyl groups is 1. The third-order valence-electron chi connectivity index (χ3n) is 3.39. The van der Waals surface area contributed by atoms with Gasteiger partial charge in [0.25, 0.3) is 0 Å². The molecule has 0 bridgehead atoms. The lowest BCUT2D eigenvalue weighted by atomic mass is 10.0. The maximum atomic E-state index is 8.95. The van der Waals surface area contributed by atoms with Crippen molar-refractivity contribution in [1.29, 1.82) is 0 Å². The summed E-state index contributed by atoms with van der Waals surface area (Å²) in [7, 11) is 0. The monoisotopic (exact) mass is 268 g/mol. The average Bonchev–Trinajstić information content (AvgIpc) is 2.51. The van der Waals surface area contributed by atoms with Crippen LogP contribution in [0, 0.1) is 11.8 Å². The first-order valence-electron chi connectivity index (χ1n) is 7.08. The topological polar surface area (TPSA) is 29.5 Å². The Kier molecular flexibility index (Phi) is 5.03. The second-order valence-corrected chi connectivity index (χ2v) is 4.68. The molecule has 2 rings (SSSR count). The van der Waals surface area contributed by atoms with Crippen molar-refractivity contribution in [3.05, 3.63) is 42.0 Å². The molecular formula is C18H20O2. The van der Waals surface area contributed by atoms with E-state index in [0.717, 1.165) is 34.9 Å². The highest BCUT2D eigenvalue weighted by Gasteiger charge is 2.11. The highest BCUT2D eigenvalue weighted by atomic mass is 16.5. The molecule has 0 aromatic heterocycles. The lowest BCUT2D eigenvalue weighted by Gasteiger charge is -2.17. The number of aliphatic hydroxyl groups excluding tert-OH is 1. The molecule has 0 aliphatic carbocycles. The highest BCUT2D eigenvalue weighted by Crippen LogP contribution is 2.28. The molecule has 104 valence electrons. The van der Waals surface area contributed by atoms with Crippen LogP contribution in [0.4, 0.5) is 0 Å². The minimum Gasteiger partial charge on any atom is -0.489 e. The lowest BCUT2D eigenvalue weighted by molar-refractivity contribution is 0.192. The third kappa shape index (κ3) is 3.12. The molecule has 0 saturated heterocycles. The molecule has 0 amide bonds. The van der Waals surface area contributed by atoms with Crippen molar-refractivity contribution < 1.29 is 9.84 Å². The summed E-state index contributed by atoms with van der Waals surface area (Å²) < 4.78 is 6.06. The van der Waals surface area contributed by atoms with Gasteiger partial charge in [-0.05, 0) is 24.3 Å². The largest absolute Gasteiger partial charge is 0.489 e. The Hall–Kier alpha value is -1.98. The number of rotatable bonds is 4. The van der Waals surface area contributed by atoms with Gasteiger partial charge in [0.2, 0.25) is 0 Å². The predicted molar refractivity (Wildman–Crippen MR) is 82.9 cm³/mol. The second kappa shape index (κ2) is 6.98. The first kappa shape index (κ1) is 14.4. The molecule has 2 heteroatoms. The Morgan fingerprint density at radius 2 is 1.85 bits per heavy atom. The van der Waals surface area contributed by atoms with Crippen molar-refractivity contribution in [2.45, 2.75) is 32.8 Å². The molecule has 0 radical (unpaired) electrons. The maximum absolute atomic E-state index is 8.95. The fourth-order valence-corrected chi connectivity index (χ4v) is 2.24. The van der Waals surface area contributed by atoms with Crippen molar-refractivity contribution in [1.82, 2.24) is 0 Å². The molecule has 0 fully saturated rings. The zero-order chi connectivity index (χ0) is 14.4. The van der Waals surface area contributed by atoms with Gasteiger partial charge in [-0.2, -0.15) is 0 Å². The quantitative estimate of drug-likeness (QED) is 0.856. The van der Waals surface area contributed by atoms with Gasteiger partial charge in [0.15, 0.2) is 0 Å². The van der Waals surface area contributed by atoms with Gasteiger partial charge in [0, 0.05) is 5.39 Å². The minimum absolute atomic E-state index is 0.145. The zero-order valence-electron chi connectivity index (χ0n) is 12.0. The first-order valence-corrected chi connectivity index (χ1v) is 7.08. The van der Waals surface area contributed by atoms with Crippen LogP contribution in [0.15, 0.2) is 36.4 Å². The van der Waals surface area contributed by atoms with Gasteiger partial charge < -0.3 is 9.84 Å². The zero-order valence-corrected chi connectivity index (χ0v) is 12.0. The highest BCUT2D eigenvalue weighted by molar-refractivity contribution is 5.90. The molecule has 0 aliphatic rings. The van der Waals surface area contributed by atoms with Crippen molar-refractivity contribution in [3.63, 3.8) is 0 Å². The molecule has 2 aromatic carbocycles. The fraction of sp³-hybridized carbons (Fsp3) is 0.333. The van der Waals surface area contributed by atoms with Gasteiger partial charge in [-0.25, -0.2) is 0 Å². The van der Waals surface area contributed by atoms with Gasteiger partial charge in [-0.15, -0.1) is 0 Å². The van der Waals surface area contributed by atoms with Gasteiger partial charge >= 0.3 is 0 Å². The van der Waals surface area contributed by atoms with E-state index in [0.29, 0.717) is 0 Å². The lowest BCUT2D eigenvalue weighted by Crippen LogP contribution is -2.14. The van der Waals surface area contributed by atoms with E-state index in [1.165, 1.54) is 0 Å². The summed E-state index contributed by atoms with van der Waals surface area (Å²) in [6.07, 6.45) is 2.14. The van der Waals surface area contributed by atoms with E-state index < -0.39 is 0 Å². The van der Waals surface area contributed by atoms with Crippen molar-refractivity contribution >= 4 is 10.8 Å². The molecule has 2 nitrogen and oxygen atoms in total. The number of fused-ring (bicyclic) bond motifs is 1. The summed E-state index contributed by atoms with van der Waals surface area (Å²) in [6, 6.07) is 12.1. The summed E-state index contributed by atoms with van der Waals surface area (Å²) in [5.41, 5.74) is 0.865. The molecular weight excluding hydrogens is 248 g/mol.